The van der Waals surface area contributed by atoms with Crippen molar-refractivity contribution < 1.29 is 41.8 Å². The summed E-state index contributed by atoms with van der Waals surface area (Å²) in [6.07, 6.45) is -4.06. The fourth-order valence-electron chi connectivity index (χ4n) is 3.95. The second-order valence-corrected chi connectivity index (χ2v) is 8.14. The third-order valence-electron chi connectivity index (χ3n) is 5.63. The molecule has 11 heteroatoms. The number of amides is 2. The van der Waals surface area contributed by atoms with Crippen LogP contribution >= 0.6 is 0 Å². The minimum Gasteiger partial charge on any atom is -0.491 e. The van der Waals surface area contributed by atoms with Crippen molar-refractivity contribution >= 4 is 29.2 Å². The van der Waals surface area contributed by atoms with Gasteiger partial charge in [0.15, 0.2) is 6.61 Å². The maximum Gasteiger partial charge on any atom is 0.409 e. The summed E-state index contributed by atoms with van der Waals surface area (Å²) in [4.78, 5) is 37.9. The lowest BCUT2D eigenvalue weighted by Gasteiger charge is -2.31. The number of nitrogens with zero attached hydrogens (tertiary/aromatic N) is 1. The Hall–Kier alpha value is -3.60. The topological polar surface area (TPSA) is 94.2 Å². The van der Waals surface area contributed by atoms with E-state index in [1.807, 2.05) is 0 Å². The van der Waals surface area contributed by atoms with E-state index in [0.29, 0.717) is 23.9 Å². The van der Waals surface area contributed by atoms with E-state index >= 15 is 0 Å². The fraction of sp³-hybridized carbons (Fsp3) is 0.375. The number of esters is 1. The minimum absolute atomic E-state index is 0.0253. The highest BCUT2D eigenvalue weighted by atomic mass is 19.4. The van der Waals surface area contributed by atoms with Crippen molar-refractivity contribution in [1.29, 1.82) is 0 Å². The molecular formula is C24H23F3N2O6. The first-order chi connectivity index (χ1) is 16.7. The van der Waals surface area contributed by atoms with Crippen molar-refractivity contribution in [3.63, 3.8) is 0 Å². The Bertz CT molecular complexity index is 1100. The molecule has 0 aromatic heterocycles. The number of rotatable bonds is 6. The van der Waals surface area contributed by atoms with Gasteiger partial charge in [0.25, 0.3) is 5.91 Å². The van der Waals surface area contributed by atoms with Gasteiger partial charge in [-0.1, -0.05) is 18.2 Å². The monoisotopic (exact) mass is 492 g/mol. The van der Waals surface area contributed by atoms with Crippen molar-refractivity contribution in [3.05, 3.63) is 54.1 Å². The lowest BCUT2D eigenvalue weighted by Crippen LogP contribution is -2.51. The van der Waals surface area contributed by atoms with Crippen LogP contribution in [-0.2, 0) is 19.1 Å². The number of ether oxygens (including phenoxy) is 3. The van der Waals surface area contributed by atoms with Gasteiger partial charge in [0.1, 0.15) is 18.4 Å². The molecule has 2 aromatic rings. The summed E-state index contributed by atoms with van der Waals surface area (Å²) in [5.41, 5.74) is -0.00519. The predicted octanol–water partition coefficient (Wildman–Crippen LogP) is 3.71. The molecule has 0 spiro atoms. The van der Waals surface area contributed by atoms with Gasteiger partial charge >= 0.3 is 12.1 Å². The summed E-state index contributed by atoms with van der Waals surface area (Å²) in [5, 5.41) is 2.37. The number of hydrogen-bond donors (Lipinski definition) is 1. The van der Waals surface area contributed by atoms with Crippen molar-refractivity contribution in [2.45, 2.75) is 37.6 Å². The molecule has 1 fully saturated rings. The zero-order valence-electron chi connectivity index (χ0n) is 18.5. The summed E-state index contributed by atoms with van der Waals surface area (Å²) in [6.45, 7) is 0.0429. The van der Waals surface area contributed by atoms with E-state index in [-0.39, 0.29) is 23.0 Å². The van der Waals surface area contributed by atoms with Crippen LogP contribution in [0, 0.1) is 0 Å². The Morgan fingerprint density at radius 3 is 2.69 bits per heavy atom. The van der Waals surface area contributed by atoms with E-state index in [1.165, 1.54) is 36.4 Å². The normalized spacial score (nSPS) is 20.0. The third-order valence-corrected chi connectivity index (χ3v) is 5.63. The average Bonchev–Trinajstić information content (AvgIpc) is 3.29. The molecule has 2 heterocycles. The number of benzene rings is 2. The van der Waals surface area contributed by atoms with Gasteiger partial charge in [0.2, 0.25) is 5.91 Å². The van der Waals surface area contributed by atoms with Crippen LogP contribution in [0.2, 0.25) is 0 Å². The highest BCUT2D eigenvalue weighted by Crippen LogP contribution is 2.37. The highest BCUT2D eigenvalue weighted by Gasteiger charge is 2.49. The maximum atomic E-state index is 13.8. The molecule has 1 N–H and O–H groups in total. The molecule has 0 unspecified atom stereocenters. The number of para-hydroxylation sites is 2. The van der Waals surface area contributed by atoms with Crippen LogP contribution in [0.5, 0.6) is 5.75 Å². The van der Waals surface area contributed by atoms with E-state index in [2.05, 4.69) is 5.32 Å². The summed E-state index contributed by atoms with van der Waals surface area (Å²) >= 11 is 0. The molecule has 2 aliphatic heterocycles. The Morgan fingerprint density at radius 2 is 1.94 bits per heavy atom. The van der Waals surface area contributed by atoms with Crippen molar-refractivity contribution in [2.24, 2.45) is 0 Å². The molecule has 4 rings (SSSR count). The summed E-state index contributed by atoms with van der Waals surface area (Å²) in [6, 6.07) is 9.29. The second-order valence-electron chi connectivity index (χ2n) is 8.14. The van der Waals surface area contributed by atoms with E-state index in [0.717, 1.165) is 12.8 Å². The van der Waals surface area contributed by atoms with E-state index < -0.39 is 43.0 Å². The molecule has 0 saturated carbocycles. The van der Waals surface area contributed by atoms with Crippen molar-refractivity contribution in [2.75, 3.05) is 30.0 Å². The number of carbonyl (C=O) groups excluding carboxylic acids is 3. The van der Waals surface area contributed by atoms with Gasteiger partial charge in [-0.2, -0.15) is 13.2 Å². The van der Waals surface area contributed by atoms with E-state index in [9.17, 15) is 27.6 Å². The van der Waals surface area contributed by atoms with Crippen LogP contribution in [0.15, 0.2) is 48.5 Å². The van der Waals surface area contributed by atoms with Crippen LogP contribution in [0.1, 0.15) is 29.6 Å². The molecule has 0 aliphatic carbocycles. The standard InChI is InChI=1S/C24H23F3N2O6/c25-24(26,27)20-12-21(30)28-18-8-1-2-9-19(18)29(20)22(31)14-35-23(32)15-5-3-6-16(11-15)34-13-17-7-4-10-33-17/h1-3,5-6,8-9,11,17,20H,4,7,10,12-14H2,(H,28,30)/t17-,20-/m0/s1. The largest absolute Gasteiger partial charge is 0.491 e. The number of alkyl halides is 3. The van der Waals surface area contributed by atoms with Gasteiger partial charge in [0, 0.05) is 6.61 Å². The number of carbonyl (C=O) groups is 3. The number of nitrogens with one attached hydrogen (secondary N) is 1. The van der Waals surface area contributed by atoms with Gasteiger partial charge in [-0.25, -0.2) is 4.79 Å². The zero-order chi connectivity index (χ0) is 25.0. The maximum absolute atomic E-state index is 13.8. The van der Waals surface area contributed by atoms with Crippen LogP contribution in [0.3, 0.4) is 0 Å². The lowest BCUT2D eigenvalue weighted by atomic mass is 10.1. The Morgan fingerprint density at radius 1 is 1.14 bits per heavy atom. The SMILES string of the molecule is O=C1C[C@@H](C(F)(F)F)N(C(=O)COC(=O)c2cccc(OC[C@@H]3CCCO3)c2)c2ccccc2N1. The lowest BCUT2D eigenvalue weighted by molar-refractivity contribution is -0.158. The Balaban J connectivity index is 1.46. The smallest absolute Gasteiger partial charge is 0.409 e. The Kier molecular flexibility index (Phi) is 7.25. The highest BCUT2D eigenvalue weighted by molar-refractivity contribution is 6.05. The van der Waals surface area contributed by atoms with Crippen LogP contribution in [0.25, 0.3) is 0 Å². The zero-order valence-corrected chi connectivity index (χ0v) is 18.5. The average molecular weight is 492 g/mol. The van der Waals surface area contributed by atoms with Gasteiger partial charge < -0.3 is 19.5 Å². The molecule has 186 valence electrons. The van der Waals surface area contributed by atoms with Crippen molar-refractivity contribution in [1.82, 2.24) is 0 Å². The van der Waals surface area contributed by atoms with Gasteiger partial charge in [-0.3, -0.25) is 14.5 Å². The second kappa shape index (κ2) is 10.3. The first-order valence-corrected chi connectivity index (χ1v) is 11.0. The molecule has 1 saturated heterocycles. The number of halogens is 3. The summed E-state index contributed by atoms with van der Waals surface area (Å²) < 4.78 is 57.5. The summed E-state index contributed by atoms with van der Waals surface area (Å²) in [5.74, 6) is -2.51. The molecule has 8 nitrogen and oxygen atoms in total. The Labute approximate surface area is 198 Å². The number of anilines is 2. The first-order valence-electron chi connectivity index (χ1n) is 11.0. The molecule has 0 radical (unpaired) electrons. The van der Waals surface area contributed by atoms with Crippen molar-refractivity contribution in [3.8, 4) is 5.75 Å². The van der Waals surface area contributed by atoms with Gasteiger partial charge in [0.05, 0.1) is 29.5 Å². The first kappa shape index (κ1) is 24.5. The van der Waals surface area contributed by atoms with Gasteiger partial charge in [-0.05, 0) is 43.2 Å². The third kappa shape index (κ3) is 5.91. The molecule has 35 heavy (non-hydrogen) atoms. The number of fused-ring (bicyclic) bond motifs is 1. The predicted molar refractivity (Wildman–Crippen MR) is 118 cm³/mol. The van der Waals surface area contributed by atoms with E-state index in [1.54, 1.807) is 12.1 Å². The molecular weight excluding hydrogens is 469 g/mol. The van der Waals surface area contributed by atoms with Gasteiger partial charge in [-0.15, -0.1) is 0 Å². The minimum atomic E-state index is -4.89. The number of hydrogen-bond acceptors (Lipinski definition) is 6. The molecule has 2 atom stereocenters. The van der Waals surface area contributed by atoms with Crippen LogP contribution < -0.4 is 15.0 Å². The quantitative estimate of drug-likeness (QED) is 0.618. The molecule has 2 aliphatic rings. The molecule has 0 bridgehead atoms. The summed E-state index contributed by atoms with van der Waals surface area (Å²) in [7, 11) is 0. The fourth-order valence-corrected chi connectivity index (χ4v) is 3.95. The van der Waals surface area contributed by atoms with Crippen LogP contribution in [-0.4, -0.2) is 55.9 Å². The molecule has 2 amide bonds. The molecule has 2 aromatic carbocycles. The van der Waals surface area contributed by atoms with E-state index in [4.69, 9.17) is 14.2 Å². The van der Waals surface area contributed by atoms with Crippen LogP contribution in [0.4, 0.5) is 24.5 Å².